The van der Waals surface area contributed by atoms with Crippen molar-refractivity contribution in [2.75, 3.05) is 12.8 Å². The van der Waals surface area contributed by atoms with Crippen molar-refractivity contribution in [1.82, 2.24) is 5.32 Å². The Hall–Kier alpha value is 0.310. The lowest BCUT2D eigenvalue weighted by molar-refractivity contribution is 0.411. The standard InChI is InChI=1S/C13H29NS/c1-6-10-12(7-2)14-11-13(8-3,9-4)15-5/h12,14H,6-11H2,1-5H3. The monoisotopic (exact) mass is 231 g/mol. The van der Waals surface area contributed by atoms with E-state index in [-0.39, 0.29) is 0 Å². The van der Waals surface area contributed by atoms with Gasteiger partial charge in [-0.1, -0.05) is 34.1 Å². The fourth-order valence-electron chi connectivity index (χ4n) is 1.99. The molecule has 1 unspecified atom stereocenters. The molecule has 0 aromatic carbocycles. The zero-order valence-corrected chi connectivity index (χ0v) is 12.0. The molecule has 0 amide bonds. The molecule has 0 aliphatic heterocycles. The third-order valence-corrected chi connectivity index (χ3v) is 5.15. The molecular formula is C13H29NS. The third-order valence-electron chi connectivity index (χ3n) is 3.56. The first-order chi connectivity index (χ1) is 7.17. The molecule has 0 aromatic heterocycles. The molecule has 0 aliphatic rings. The van der Waals surface area contributed by atoms with E-state index in [0.717, 1.165) is 6.04 Å². The molecule has 0 fully saturated rings. The quantitative estimate of drug-likeness (QED) is 0.642. The van der Waals surface area contributed by atoms with Crippen LogP contribution >= 0.6 is 11.8 Å². The average Bonchev–Trinajstić information content (AvgIpc) is 2.30. The summed E-state index contributed by atoms with van der Waals surface area (Å²) < 4.78 is 0.459. The van der Waals surface area contributed by atoms with E-state index in [1.165, 1.54) is 38.6 Å². The maximum atomic E-state index is 3.74. The molecule has 0 bridgehead atoms. The molecule has 1 atom stereocenters. The van der Waals surface area contributed by atoms with E-state index in [9.17, 15) is 0 Å². The Balaban J connectivity index is 4.06. The van der Waals surface area contributed by atoms with Crippen LogP contribution in [-0.4, -0.2) is 23.6 Å². The zero-order valence-electron chi connectivity index (χ0n) is 11.2. The van der Waals surface area contributed by atoms with Crippen molar-refractivity contribution in [2.45, 2.75) is 70.6 Å². The van der Waals surface area contributed by atoms with Gasteiger partial charge >= 0.3 is 0 Å². The van der Waals surface area contributed by atoms with Crippen LogP contribution in [0.1, 0.15) is 59.8 Å². The molecule has 0 heterocycles. The van der Waals surface area contributed by atoms with Gasteiger partial charge < -0.3 is 5.32 Å². The van der Waals surface area contributed by atoms with E-state index >= 15 is 0 Å². The molecule has 15 heavy (non-hydrogen) atoms. The van der Waals surface area contributed by atoms with Crippen LogP contribution in [0.25, 0.3) is 0 Å². The summed E-state index contributed by atoms with van der Waals surface area (Å²) in [4.78, 5) is 0. The van der Waals surface area contributed by atoms with Crippen LogP contribution < -0.4 is 5.32 Å². The normalized spacial score (nSPS) is 14.2. The fourth-order valence-corrected chi connectivity index (χ4v) is 2.80. The minimum absolute atomic E-state index is 0.459. The molecule has 0 radical (unpaired) electrons. The topological polar surface area (TPSA) is 12.0 Å². The van der Waals surface area contributed by atoms with Gasteiger partial charge in [0.15, 0.2) is 0 Å². The molecule has 92 valence electrons. The van der Waals surface area contributed by atoms with E-state index in [1.807, 2.05) is 11.8 Å². The first kappa shape index (κ1) is 15.3. The molecule has 0 saturated heterocycles. The molecule has 0 spiro atoms. The third kappa shape index (κ3) is 5.26. The molecule has 0 saturated carbocycles. The predicted molar refractivity (Wildman–Crippen MR) is 73.8 cm³/mol. The van der Waals surface area contributed by atoms with Crippen molar-refractivity contribution in [2.24, 2.45) is 0 Å². The Labute approximate surface area is 101 Å². The van der Waals surface area contributed by atoms with Crippen LogP contribution in [0.5, 0.6) is 0 Å². The van der Waals surface area contributed by atoms with Gasteiger partial charge in [0.25, 0.3) is 0 Å². The van der Waals surface area contributed by atoms with Gasteiger partial charge in [0.05, 0.1) is 0 Å². The van der Waals surface area contributed by atoms with Crippen molar-refractivity contribution in [3.8, 4) is 0 Å². The lowest BCUT2D eigenvalue weighted by atomic mass is 10.0. The Morgan fingerprint density at radius 2 is 1.73 bits per heavy atom. The molecule has 1 N–H and O–H groups in total. The average molecular weight is 231 g/mol. The molecule has 0 aliphatic carbocycles. The van der Waals surface area contributed by atoms with Crippen molar-refractivity contribution in [1.29, 1.82) is 0 Å². The van der Waals surface area contributed by atoms with E-state index in [2.05, 4.69) is 39.3 Å². The fraction of sp³-hybridized carbons (Fsp3) is 1.00. The summed E-state index contributed by atoms with van der Waals surface area (Å²) in [5.74, 6) is 0. The van der Waals surface area contributed by atoms with Crippen molar-refractivity contribution in [3.63, 3.8) is 0 Å². The van der Waals surface area contributed by atoms with Crippen LogP contribution in [0.2, 0.25) is 0 Å². The highest BCUT2D eigenvalue weighted by molar-refractivity contribution is 8.00. The lowest BCUT2D eigenvalue weighted by Crippen LogP contribution is -2.41. The second kappa shape index (κ2) is 8.46. The van der Waals surface area contributed by atoms with E-state index in [1.54, 1.807) is 0 Å². The Morgan fingerprint density at radius 1 is 1.13 bits per heavy atom. The predicted octanol–water partition coefficient (Wildman–Crippen LogP) is 4.08. The van der Waals surface area contributed by atoms with Gasteiger partial charge in [-0.15, -0.1) is 0 Å². The maximum Gasteiger partial charge on any atom is 0.0276 e. The molecule has 0 rings (SSSR count). The van der Waals surface area contributed by atoms with E-state index in [4.69, 9.17) is 0 Å². The summed E-state index contributed by atoms with van der Waals surface area (Å²) in [6.07, 6.45) is 8.63. The summed E-state index contributed by atoms with van der Waals surface area (Å²) in [7, 11) is 0. The van der Waals surface area contributed by atoms with Gasteiger partial charge in [-0.25, -0.2) is 0 Å². The number of hydrogen-bond donors (Lipinski definition) is 1. The number of hydrogen-bond acceptors (Lipinski definition) is 2. The van der Waals surface area contributed by atoms with Gasteiger partial charge in [-0.3, -0.25) is 0 Å². The summed E-state index contributed by atoms with van der Waals surface area (Å²) >= 11 is 2.03. The van der Waals surface area contributed by atoms with Crippen molar-refractivity contribution < 1.29 is 0 Å². The summed E-state index contributed by atoms with van der Waals surface area (Å²) in [5, 5.41) is 3.74. The molecular weight excluding hydrogens is 202 g/mol. The highest BCUT2D eigenvalue weighted by atomic mass is 32.2. The summed E-state index contributed by atoms with van der Waals surface area (Å²) in [6.45, 7) is 10.3. The summed E-state index contributed by atoms with van der Waals surface area (Å²) in [6, 6.07) is 0.722. The highest BCUT2D eigenvalue weighted by Crippen LogP contribution is 2.29. The maximum absolute atomic E-state index is 3.74. The van der Waals surface area contributed by atoms with Gasteiger partial charge in [0.1, 0.15) is 0 Å². The summed E-state index contributed by atoms with van der Waals surface area (Å²) in [5.41, 5.74) is 0. The second-order valence-electron chi connectivity index (χ2n) is 4.37. The van der Waals surface area contributed by atoms with Crippen LogP contribution in [0.15, 0.2) is 0 Å². The van der Waals surface area contributed by atoms with Gasteiger partial charge in [0, 0.05) is 17.3 Å². The largest absolute Gasteiger partial charge is 0.313 e. The van der Waals surface area contributed by atoms with Crippen LogP contribution in [0.4, 0.5) is 0 Å². The van der Waals surface area contributed by atoms with E-state index < -0.39 is 0 Å². The lowest BCUT2D eigenvalue weighted by Gasteiger charge is -2.32. The van der Waals surface area contributed by atoms with Crippen LogP contribution in [0.3, 0.4) is 0 Å². The van der Waals surface area contributed by atoms with Gasteiger partial charge in [-0.05, 0) is 31.9 Å². The Bertz CT molecular complexity index is 135. The number of nitrogens with one attached hydrogen (secondary N) is 1. The number of rotatable bonds is 9. The van der Waals surface area contributed by atoms with Crippen LogP contribution in [0, 0.1) is 0 Å². The first-order valence-electron chi connectivity index (χ1n) is 6.46. The van der Waals surface area contributed by atoms with Gasteiger partial charge in [0.2, 0.25) is 0 Å². The van der Waals surface area contributed by atoms with Crippen molar-refractivity contribution >= 4 is 11.8 Å². The molecule has 2 heteroatoms. The highest BCUT2D eigenvalue weighted by Gasteiger charge is 2.25. The smallest absolute Gasteiger partial charge is 0.0276 e. The van der Waals surface area contributed by atoms with Gasteiger partial charge in [-0.2, -0.15) is 11.8 Å². The first-order valence-corrected chi connectivity index (χ1v) is 7.68. The number of thioether (sulfide) groups is 1. The zero-order chi connectivity index (χ0) is 11.7. The SMILES string of the molecule is CCCC(CC)NCC(CC)(CC)SC. The Morgan fingerprint density at radius 3 is 2.07 bits per heavy atom. The second-order valence-corrected chi connectivity index (χ2v) is 5.64. The van der Waals surface area contributed by atoms with Crippen LogP contribution in [-0.2, 0) is 0 Å². The van der Waals surface area contributed by atoms with E-state index in [0.29, 0.717) is 4.75 Å². The minimum Gasteiger partial charge on any atom is -0.313 e. The minimum atomic E-state index is 0.459. The van der Waals surface area contributed by atoms with Crippen molar-refractivity contribution in [3.05, 3.63) is 0 Å². The Kier molecular flexibility index (Phi) is 8.64. The molecule has 0 aromatic rings. The molecule has 1 nitrogen and oxygen atoms in total.